The number of carboxylic acid groups (broad SMARTS) is 1. The van der Waals surface area contributed by atoms with Crippen LogP contribution < -0.4 is 10.2 Å². The number of piperidine rings is 1. The minimum Gasteiger partial charge on any atom is -0.478 e. The molecule has 33 heavy (non-hydrogen) atoms. The van der Waals surface area contributed by atoms with Gasteiger partial charge in [-0.05, 0) is 51.8 Å². The molecule has 0 radical (unpaired) electrons. The summed E-state index contributed by atoms with van der Waals surface area (Å²) in [7, 11) is 0. The van der Waals surface area contributed by atoms with E-state index < -0.39 is 17.4 Å². The van der Waals surface area contributed by atoms with Crippen LogP contribution >= 0.6 is 0 Å². The van der Waals surface area contributed by atoms with E-state index in [0.717, 1.165) is 32.0 Å². The van der Waals surface area contributed by atoms with E-state index in [-0.39, 0.29) is 22.8 Å². The van der Waals surface area contributed by atoms with E-state index in [0.29, 0.717) is 24.6 Å². The molecule has 2 saturated heterocycles. The third kappa shape index (κ3) is 4.99. The van der Waals surface area contributed by atoms with E-state index in [2.05, 4.69) is 20.2 Å². The van der Waals surface area contributed by atoms with Crippen molar-refractivity contribution in [2.45, 2.75) is 39.2 Å². The van der Waals surface area contributed by atoms with Crippen LogP contribution in [0.4, 0.5) is 26.4 Å². The lowest BCUT2D eigenvalue weighted by Crippen LogP contribution is -2.62. The number of halogens is 1. The van der Waals surface area contributed by atoms with Gasteiger partial charge in [0.25, 0.3) is 0 Å². The molecule has 2 aliphatic heterocycles. The number of hydrogen-bond donors (Lipinski definition) is 2. The average Bonchev–Trinajstić information content (AvgIpc) is 2.72. The number of aromatic nitrogens is 2. The fraction of sp³-hybridized carbons (Fsp3) is 0.478. The molecule has 1 aromatic heterocycles. The lowest BCUT2D eigenvalue weighted by Gasteiger charge is -2.53. The Morgan fingerprint density at radius 1 is 1.18 bits per heavy atom. The van der Waals surface area contributed by atoms with Gasteiger partial charge in [0.15, 0.2) is 5.82 Å². The molecular weight excluding hydrogens is 429 g/mol. The number of carboxylic acids is 1. The first kappa shape index (κ1) is 22.8. The highest BCUT2D eigenvalue weighted by atomic mass is 19.1. The summed E-state index contributed by atoms with van der Waals surface area (Å²) in [6.45, 7) is 8.42. The van der Waals surface area contributed by atoms with Crippen LogP contribution in [0, 0.1) is 11.2 Å². The molecule has 176 valence electrons. The maximum atomic E-state index is 13.5. The van der Waals surface area contributed by atoms with Crippen LogP contribution in [-0.2, 0) is 4.74 Å². The third-order valence-corrected chi connectivity index (χ3v) is 6.00. The molecular formula is C23H28FN5O4. The molecule has 2 aliphatic rings. The van der Waals surface area contributed by atoms with Crippen LogP contribution in [-0.4, -0.2) is 63.8 Å². The maximum Gasteiger partial charge on any atom is 0.410 e. The van der Waals surface area contributed by atoms with Crippen LogP contribution in [0.2, 0.25) is 0 Å². The number of aromatic carboxylic acids is 1. The zero-order chi connectivity index (χ0) is 23.8. The predicted molar refractivity (Wildman–Crippen MR) is 120 cm³/mol. The van der Waals surface area contributed by atoms with Crippen molar-refractivity contribution in [3.05, 3.63) is 42.1 Å². The van der Waals surface area contributed by atoms with Gasteiger partial charge in [0, 0.05) is 31.6 Å². The van der Waals surface area contributed by atoms with Gasteiger partial charge in [0.2, 0.25) is 0 Å². The van der Waals surface area contributed by atoms with Gasteiger partial charge >= 0.3 is 12.1 Å². The Kier molecular flexibility index (Phi) is 5.85. The third-order valence-electron chi connectivity index (χ3n) is 6.00. The van der Waals surface area contributed by atoms with E-state index >= 15 is 0 Å². The van der Waals surface area contributed by atoms with Crippen molar-refractivity contribution < 1.29 is 23.8 Å². The smallest absolute Gasteiger partial charge is 0.410 e. The molecule has 4 rings (SSSR count). The fourth-order valence-electron chi connectivity index (χ4n) is 4.34. The molecule has 0 saturated carbocycles. The lowest BCUT2D eigenvalue weighted by molar-refractivity contribution is -0.0434. The number of anilines is 3. The van der Waals surface area contributed by atoms with Crippen molar-refractivity contribution in [1.29, 1.82) is 0 Å². The number of ether oxygens (including phenoxy) is 1. The number of nitrogens with zero attached hydrogens (tertiary/aromatic N) is 4. The average molecular weight is 458 g/mol. The lowest BCUT2D eigenvalue weighted by atomic mass is 9.72. The SMILES string of the molecule is CC(C)(C)OC(=O)N1CC2(CCN(c3ncncc3Nc3ccc(F)cc3C(=O)O)CC2)C1. The van der Waals surface area contributed by atoms with Gasteiger partial charge in [0.05, 0.1) is 17.4 Å². The molecule has 0 unspecified atom stereocenters. The maximum absolute atomic E-state index is 13.5. The summed E-state index contributed by atoms with van der Waals surface area (Å²) in [5.74, 6) is -1.19. The fourth-order valence-corrected chi connectivity index (χ4v) is 4.34. The van der Waals surface area contributed by atoms with Gasteiger partial charge < -0.3 is 25.0 Å². The molecule has 9 nitrogen and oxygen atoms in total. The van der Waals surface area contributed by atoms with Crippen LogP contribution in [0.1, 0.15) is 44.0 Å². The van der Waals surface area contributed by atoms with Crippen LogP contribution in [0.15, 0.2) is 30.7 Å². The number of carbonyl (C=O) groups is 2. The summed E-state index contributed by atoms with van der Waals surface area (Å²) in [5.41, 5.74) is 0.220. The molecule has 1 spiro atoms. The summed E-state index contributed by atoms with van der Waals surface area (Å²) in [5, 5.41) is 12.5. The van der Waals surface area contributed by atoms with Crippen molar-refractivity contribution in [1.82, 2.24) is 14.9 Å². The first-order chi connectivity index (χ1) is 15.6. The Labute approximate surface area is 191 Å². The van der Waals surface area contributed by atoms with E-state index in [9.17, 15) is 19.1 Å². The van der Waals surface area contributed by atoms with E-state index in [4.69, 9.17) is 4.74 Å². The number of amides is 1. The Morgan fingerprint density at radius 2 is 1.88 bits per heavy atom. The summed E-state index contributed by atoms with van der Waals surface area (Å²) < 4.78 is 19.0. The van der Waals surface area contributed by atoms with E-state index in [1.165, 1.54) is 18.5 Å². The molecule has 3 heterocycles. The Balaban J connectivity index is 1.42. The monoisotopic (exact) mass is 457 g/mol. The van der Waals surface area contributed by atoms with Gasteiger partial charge in [0.1, 0.15) is 23.4 Å². The van der Waals surface area contributed by atoms with Gasteiger partial charge in [-0.2, -0.15) is 0 Å². The first-order valence-corrected chi connectivity index (χ1v) is 10.9. The number of nitrogens with one attached hydrogen (secondary N) is 1. The summed E-state index contributed by atoms with van der Waals surface area (Å²) in [6, 6.07) is 3.57. The standard InChI is InChI=1S/C23H28FN5O4/c1-22(2,3)33-21(32)29-12-23(13-29)6-8-28(9-7-23)19-18(11-25-14-26-19)27-17-5-4-15(24)10-16(17)20(30)31/h4-5,10-11,14,27H,6-9,12-13H2,1-3H3,(H,30,31). The van der Waals surface area contributed by atoms with Gasteiger partial charge in [-0.25, -0.2) is 23.9 Å². The molecule has 1 amide bonds. The highest BCUT2D eigenvalue weighted by molar-refractivity contribution is 5.95. The van der Waals surface area contributed by atoms with Crippen molar-refractivity contribution in [3.63, 3.8) is 0 Å². The van der Waals surface area contributed by atoms with E-state index in [1.54, 1.807) is 11.1 Å². The number of benzene rings is 1. The highest BCUT2D eigenvalue weighted by Crippen LogP contribution is 2.42. The molecule has 2 N–H and O–H groups in total. The predicted octanol–water partition coefficient (Wildman–Crippen LogP) is 3.89. The quantitative estimate of drug-likeness (QED) is 0.712. The van der Waals surface area contributed by atoms with Crippen molar-refractivity contribution in [2.75, 3.05) is 36.4 Å². The van der Waals surface area contributed by atoms with Gasteiger partial charge in [-0.15, -0.1) is 0 Å². The second-order valence-corrected chi connectivity index (χ2v) is 9.70. The van der Waals surface area contributed by atoms with Crippen LogP contribution in [0.25, 0.3) is 0 Å². The van der Waals surface area contributed by atoms with Gasteiger partial charge in [-0.3, -0.25) is 0 Å². The Hall–Kier alpha value is -3.43. The summed E-state index contributed by atoms with van der Waals surface area (Å²) in [6.07, 6.45) is 4.54. The molecule has 2 aromatic rings. The van der Waals surface area contributed by atoms with Crippen molar-refractivity contribution in [3.8, 4) is 0 Å². The normalized spacial score (nSPS) is 17.5. The summed E-state index contributed by atoms with van der Waals surface area (Å²) >= 11 is 0. The largest absolute Gasteiger partial charge is 0.478 e. The molecule has 10 heteroatoms. The van der Waals surface area contributed by atoms with Crippen molar-refractivity contribution >= 4 is 29.3 Å². The van der Waals surface area contributed by atoms with Gasteiger partial charge in [-0.1, -0.05) is 0 Å². The summed E-state index contributed by atoms with van der Waals surface area (Å²) in [4.78, 5) is 36.1. The van der Waals surface area contributed by atoms with Crippen LogP contribution in [0.5, 0.6) is 0 Å². The Morgan fingerprint density at radius 3 is 2.52 bits per heavy atom. The molecule has 0 aliphatic carbocycles. The topological polar surface area (TPSA) is 108 Å². The Bertz CT molecular complexity index is 1060. The number of rotatable bonds is 4. The molecule has 1 aromatic carbocycles. The second kappa shape index (κ2) is 8.49. The highest BCUT2D eigenvalue weighted by Gasteiger charge is 2.48. The number of likely N-dealkylation sites (tertiary alicyclic amines) is 1. The number of carbonyl (C=O) groups excluding carboxylic acids is 1. The zero-order valence-electron chi connectivity index (χ0n) is 19.0. The molecule has 0 bridgehead atoms. The first-order valence-electron chi connectivity index (χ1n) is 10.9. The molecule has 2 fully saturated rings. The number of hydrogen-bond acceptors (Lipinski definition) is 7. The minimum atomic E-state index is -1.23. The zero-order valence-corrected chi connectivity index (χ0v) is 19.0. The minimum absolute atomic E-state index is 0.0848. The van der Waals surface area contributed by atoms with Crippen molar-refractivity contribution in [2.24, 2.45) is 5.41 Å². The second-order valence-electron chi connectivity index (χ2n) is 9.70. The van der Waals surface area contributed by atoms with Crippen LogP contribution in [0.3, 0.4) is 0 Å². The molecule has 0 atom stereocenters. The van der Waals surface area contributed by atoms with E-state index in [1.807, 2.05) is 20.8 Å².